The third-order valence-corrected chi connectivity index (χ3v) is 5.32. The number of hydrazone groups is 1. The largest absolute Gasteiger partial charge is 0.506 e. The van der Waals surface area contributed by atoms with E-state index in [0.29, 0.717) is 11.4 Å². The number of aromatic hydroxyl groups is 1. The predicted molar refractivity (Wildman–Crippen MR) is 99.7 cm³/mol. The lowest BCUT2D eigenvalue weighted by atomic mass is 10.2. The van der Waals surface area contributed by atoms with Gasteiger partial charge in [-0.25, -0.2) is 13.1 Å². The Labute approximate surface area is 156 Å². The van der Waals surface area contributed by atoms with Crippen molar-refractivity contribution in [2.24, 2.45) is 15.3 Å². The van der Waals surface area contributed by atoms with Gasteiger partial charge in [0.1, 0.15) is 11.4 Å². The molecule has 0 radical (unpaired) electrons. The summed E-state index contributed by atoms with van der Waals surface area (Å²) in [6, 6.07) is 11.5. The number of anilines is 1. The SMILES string of the molecule is CNS(=O)(=O)c1ccc(O)c(N=NC2C(=O)N(c3ccccc3)N=C2C)c1. The normalized spacial score (nSPS) is 17.6. The van der Waals surface area contributed by atoms with Gasteiger partial charge in [-0.15, -0.1) is 0 Å². The first-order valence-electron chi connectivity index (χ1n) is 7.95. The molecular weight excluding hydrogens is 370 g/mol. The van der Waals surface area contributed by atoms with Crippen LogP contribution in [0, 0.1) is 0 Å². The summed E-state index contributed by atoms with van der Waals surface area (Å²) in [5.41, 5.74) is 0.973. The van der Waals surface area contributed by atoms with Crippen molar-refractivity contribution in [2.45, 2.75) is 17.9 Å². The molecule has 1 aliphatic rings. The summed E-state index contributed by atoms with van der Waals surface area (Å²) in [5.74, 6) is -0.644. The van der Waals surface area contributed by atoms with E-state index in [1.165, 1.54) is 30.3 Å². The highest BCUT2D eigenvalue weighted by molar-refractivity contribution is 7.89. The highest BCUT2D eigenvalue weighted by Crippen LogP contribution is 2.30. The number of carbonyl (C=O) groups is 1. The fraction of sp³-hybridized carbons (Fsp3) is 0.176. The quantitative estimate of drug-likeness (QED) is 0.763. The molecule has 0 aromatic heterocycles. The first kappa shape index (κ1) is 18.7. The van der Waals surface area contributed by atoms with E-state index < -0.39 is 16.1 Å². The predicted octanol–water partition coefficient (Wildman–Crippen LogP) is 2.18. The first-order chi connectivity index (χ1) is 12.8. The van der Waals surface area contributed by atoms with E-state index in [-0.39, 0.29) is 22.2 Å². The summed E-state index contributed by atoms with van der Waals surface area (Å²) in [6.45, 7) is 1.65. The molecule has 0 saturated heterocycles. The minimum atomic E-state index is -3.70. The average Bonchev–Trinajstić information content (AvgIpc) is 2.95. The standard InChI is InChI=1S/C17H17N5O4S/c1-11-16(17(24)22(21-11)12-6-4-3-5-7-12)20-19-14-10-13(8-9-15(14)23)27(25,26)18-2/h3-10,16,18,23H,1-2H3. The van der Waals surface area contributed by atoms with Crippen LogP contribution in [-0.4, -0.2) is 38.2 Å². The summed E-state index contributed by atoms with van der Waals surface area (Å²) in [7, 11) is -2.43. The van der Waals surface area contributed by atoms with E-state index in [9.17, 15) is 18.3 Å². The van der Waals surface area contributed by atoms with Crippen LogP contribution in [0.1, 0.15) is 6.92 Å². The van der Waals surface area contributed by atoms with Crippen LogP contribution >= 0.6 is 0 Å². The molecule has 1 aliphatic heterocycles. The molecule has 2 N–H and O–H groups in total. The zero-order chi connectivity index (χ0) is 19.6. The topological polar surface area (TPSA) is 124 Å². The van der Waals surface area contributed by atoms with Gasteiger partial charge in [-0.05, 0) is 44.3 Å². The van der Waals surface area contributed by atoms with E-state index in [2.05, 4.69) is 20.1 Å². The van der Waals surface area contributed by atoms with E-state index in [0.717, 1.165) is 0 Å². The number of amides is 1. The Morgan fingerprint density at radius 2 is 1.89 bits per heavy atom. The van der Waals surface area contributed by atoms with Crippen molar-refractivity contribution in [1.29, 1.82) is 0 Å². The van der Waals surface area contributed by atoms with Crippen LogP contribution in [0.3, 0.4) is 0 Å². The molecule has 9 nitrogen and oxygen atoms in total. The number of nitrogens with one attached hydrogen (secondary N) is 1. The van der Waals surface area contributed by atoms with Crippen molar-refractivity contribution < 1.29 is 18.3 Å². The Bertz CT molecular complexity index is 1030. The van der Waals surface area contributed by atoms with Crippen molar-refractivity contribution in [3.63, 3.8) is 0 Å². The number of rotatable bonds is 5. The fourth-order valence-electron chi connectivity index (χ4n) is 2.43. The van der Waals surface area contributed by atoms with Crippen LogP contribution in [0.25, 0.3) is 0 Å². The number of nitrogens with zero attached hydrogens (tertiary/aromatic N) is 4. The molecule has 2 aromatic rings. The second-order valence-corrected chi connectivity index (χ2v) is 7.59. The van der Waals surface area contributed by atoms with E-state index in [1.54, 1.807) is 31.2 Å². The molecule has 1 amide bonds. The molecule has 0 fully saturated rings. The van der Waals surface area contributed by atoms with E-state index in [1.807, 2.05) is 6.07 Å². The van der Waals surface area contributed by atoms with Crippen molar-refractivity contribution in [3.8, 4) is 5.75 Å². The number of azo groups is 1. The summed E-state index contributed by atoms with van der Waals surface area (Å²) in [6.07, 6.45) is 0. The number of phenols is 1. The van der Waals surface area contributed by atoms with Crippen LogP contribution in [-0.2, 0) is 14.8 Å². The Morgan fingerprint density at radius 1 is 1.19 bits per heavy atom. The van der Waals surface area contributed by atoms with Gasteiger partial charge in [0.2, 0.25) is 10.0 Å². The average molecular weight is 387 g/mol. The van der Waals surface area contributed by atoms with Gasteiger partial charge in [-0.3, -0.25) is 4.79 Å². The molecule has 0 saturated carbocycles. The Morgan fingerprint density at radius 3 is 2.56 bits per heavy atom. The zero-order valence-electron chi connectivity index (χ0n) is 14.6. The molecule has 10 heteroatoms. The molecule has 0 spiro atoms. The van der Waals surface area contributed by atoms with Gasteiger partial charge >= 0.3 is 0 Å². The van der Waals surface area contributed by atoms with Crippen molar-refractivity contribution >= 4 is 33.0 Å². The second-order valence-electron chi connectivity index (χ2n) is 5.70. The third-order valence-electron chi connectivity index (χ3n) is 3.90. The molecule has 27 heavy (non-hydrogen) atoms. The maximum atomic E-state index is 12.6. The van der Waals surface area contributed by atoms with Crippen molar-refractivity contribution in [2.75, 3.05) is 12.1 Å². The van der Waals surface area contributed by atoms with Crippen LogP contribution < -0.4 is 9.73 Å². The summed E-state index contributed by atoms with van der Waals surface area (Å²) in [4.78, 5) is 12.5. The number of hydrogen-bond donors (Lipinski definition) is 2. The second kappa shape index (κ2) is 7.25. The highest BCUT2D eigenvalue weighted by Gasteiger charge is 2.34. The number of sulfonamides is 1. The van der Waals surface area contributed by atoms with Crippen LogP contribution in [0.2, 0.25) is 0 Å². The number of carbonyl (C=O) groups excluding carboxylic acids is 1. The van der Waals surface area contributed by atoms with Crippen molar-refractivity contribution in [3.05, 3.63) is 48.5 Å². The molecule has 0 aliphatic carbocycles. The lowest BCUT2D eigenvalue weighted by Crippen LogP contribution is -2.29. The molecular formula is C17H17N5O4S. The number of benzene rings is 2. The molecule has 2 aromatic carbocycles. The Hall–Kier alpha value is -3.11. The number of para-hydroxylation sites is 1. The summed E-state index contributed by atoms with van der Waals surface area (Å²) in [5, 5.41) is 23.2. The number of hydrogen-bond acceptors (Lipinski definition) is 7. The van der Waals surface area contributed by atoms with Gasteiger partial charge in [-0.2, -0.15) is 20.3 Å². The van der Waals surface area contributed by atoms with Gasteiger partial charge in [0.15, 0.2) is 6.04 Å². The Kier molecular flexibility index (Phi) is 5.02. The lowest BCUT2D eigenvalue weighted by molar-refractivity contribution is -0.117. The smallest absolute Gasteiger partial charge is 0.280 e. The van der Waals surface area contributed by atoms with Gasteiger partial charge in [0.05, 0.1) is 16.3 Å². The third kappa shape index (κ3) is 3.71. The van der Waals surface area contributed by atoms with Gasteiger partial charge < -0.3 is 5.11 Å². The molecule has 1 unspecified atom stereocenters. The molecule has 0 bridgehead atoms. The van der Waals surface area contributed by atoms with Gasteiger partial charge in [0, 0.05) is 0 Å². The van der Waals surface area contributed by atoms with Crippen LogP contribution in [0.5, 0.6) is 5.75 Å². The van der Waals surface area contributed by atoms with Crippen LogP contribution in [0.4, 0.5) is 11.4 Å². The minimum absolute atomic E-state index is 0.0647. The minimum Gasteiger partial charge on any atom is -0.506 e. The van der Waals surface area contributed by atoms with Gasteiger partial charge in [0.25, 0.3) is 5.91 Å². The summed E-state index contributed by atoms with van der Waals surface area (Å²) < 4.78 is 25.9. The van der Waals surface area contributed by atoms with Crippen molar-refractivity contribution in [1.82, 2.24) is 4.72 Å². The molecule has 1 heterocycles. The maximum absolute atomic E-state index is 12.6. The Balaban J connectivity index is 1.88. The highest BCUT2D eigenvalue weighted by atomic mass is 32.2. The monoisotopic (exact) mass is 387 g/mol. The molecule has 3 rings (SSSR count). The summed E-state index contributed by atoms with van der Waals surface area (Å²) >= 11 is 0. The fourth-order valence-corrected chi connectivity index (χ4v) is 3.18. The first-order valence-corrected chi connectivity index (χ1v) is 9.43. The number of phenolic OH excluding ortho intramolecular Hbond substituents is 1. The lowest BCUT2D eigenvalue weighted by Gasteiger charge is -2.11. The van der Waals surface area contributed by atoms with Gasteiger partial charge in [-0.1, -0.05) is 18.2 Å². The van der Waals surface area contributed by atoms with E-state index >= 15 is 0 Å². The van der Waals surface area contributed by atoms with Crippen LogP contribution in [0.15, 0.2) is 68.8 Å². The zero-order valence-corrected chi connectivity index (χ0v) is 15.4. The molecule has 1 atom stereocenters. The maximum Gasteiger partial charge on any atom is 0.280 e. The molecule has 140 valence electrons. The van der Waals surface area contributed by atoms with E-state index in [4.69, 9.17) is 0 Å².